The SMILES string of the molecule is COc1cc(C(=O)O)cc2c1nc(CN1CCN(c3cccc(OCc4ccc(Cl)cc4OC(F)F)n3)C[C@@H]1C)n2C[C@@H]1CCO1. The van der Waals surface area contributed by atoms with Crippen LogP contribution in [0.5, 0.6) is 17.4 Å². The Morgan fingerprint density at radius 2 is 1.98 bits per heavy atom. The van der Waals surface area contributed by atoms with Gasteiger partial charge in [0.25, 0.3) is 0 Å². The largest absolute Gasteiger partial charge is 0.494 e. The summed E-state index contributed by atoms with van der Waals surface area (Å²) < 4.78 is 49.5. The van der Waals surface area contributed by atoms with Crippen molar-refractivity contribution in [1.29, 1.82) is 0 Å². The number of carboxylic acid groups (broad SMARTS) is 1. The van der Waals surface area contributed by atoms with Crippen molar-refractivity contribution in [2.45, 2.75) is 51.8 Å². The number of carbonyl (C=O) groups is 1. The van der Waals surface area contributed by atoms with Gasteiger partial charge in [-0.25, -0.2) is 9.78 Å². The molecule has 2 atom stereocenters. The Morgan fingerprint density at radius 3 is 2.67 bits per heavy atom. The highest BCUT2D eigenvalue weighted by Gasteiger charge is 2.29. The summed E-state index contributed by atoms with van der Waals surface area (Å²) in [6, 6.07) is 13.3. The molecule has 0 bridgehead atoms. The molecule has 4 heterocycles. The van der Waals surface area contributed by atoms with E-state index >= 15 is 0 Å². The molecule has 0 unspecified atom stereocenters. The Balaban J connectivity index is 1.15. The Labute approximate surface area is 269 Å². The summed E-state index contributed by atoms with van der Waals surface area (Å²) in [5.74, 6) is 1.26. The summed E-state index contributed by atoms with van der Waals surface area (Å²) in [6.07, 6.45) is 0.984. The Kier molecular flexibility index (Phi) is 9.43. The van der Waals surface area contributed by atoms with Crippen LogP contribution in [-0.4, -0.2) is 82.6 Å². The number of methoxy groups -OCH3 is 1. The van der Waals surface area contributed by atoms with E-state index in [1.54, 1.807) is 24.3 Å². The first-order valence-corrected chi connectivity index (χ1v) is 15.3. The third-order valence-electron chi connectivity index (χ3n) is 8.31. The van der Waals surface area contributed by atoms with E-state index in [9.17, 15) is 18.7 Å². The highest BCUT2D eigenvalue weighted by atomic mass is 35.5. The minimum absolute atomic E-state index is 0.0223. The molecule has 2 aliphatic heterocycles. The van der Waals surface area contributed by atoms with E-state index in [0.717, 1.165) is 24.6 Å². The van der Waals surface area contributed by atoms with Crippen LogP contribution >= 0.6 is 11.6 Å². The van der Waals surface area contributed by atoms with Crippen molar-refractivity contribution in [1.82, 2.24) is 19.4 Å². The third-order valence-corrected chi connectivity index (χ3v) is 8.54. The number of alkyl halides is 2. The summed E-state index contributed by atoms with van der Waals surface area (Å²) >= 11 is 5.95. The van der Waals surface area contributed by atoms with Crippen LogP contribution in [0.4, 0.5) is 14.6 Å². The number of pyridine rings is 1. The number of aromatic carboxylic acids is 1. The van der Waals surface area contributed by atoms with Crippen LogP contribution in [0, 0.1) is 0 Å². The van der Waals surface area contributed by atoms with E-state index in [2.05, 4.69) is 31.0 Å². The maximum Gasteiger partial charge on any atom is 0.387 e. The topological polar surface area (TPSA) is 111 Å². The van der Waals surface area contributed by atoms with Gasteiger partial charge in [-0.1, -0.05) is 23.7 Å². The molecule has 46 heavy (non-hydrogen) atoms. The molecule has 0 aliphatic carbocycles. The molecule has 2 aromatic heterocycles. The number of rotatable bonds is 12. The highest BCUT2D eigenvalue weighted by molar-refractivity contribution is 6.30. The molecule has 2 aromatic carbocycles. The van der Waals surface area contributed by atoms with Crippen molar-refractivity contribution in [3.05, 3.63) is 70.5 Å². The monoisotopic (exact) mass is 657 g/mol. The number of carboxylic acids is 1. The van der Waals surface area contributed by atoms with Crippen molar-refractivity contribution in [3.8, 4) is 17.4 Å². The number of fused-ring (bicyclic) bond motifs is 1. The van der Waals surface area contributed by atoms with Gasteiger partial charge in [-0.3, -0.25) is 4.90 Å². The summed E-state index contributed by atoms with van der Waals surface area (Å²) in [6.45, 7) is 3.11. The average Bonchev–Trinajstić information content (AvgIpc) is 3.35. The predicted molar refractivity (Wildman–Crippen MR) is 166 cm³/mol. The second-order valence-electron chi connectivity index (χ2n) is 11.3. The average molecular weight is 658 g/mol. The lowest BCUT2D eigenvalue weighted by atomic mass is 10.1. The van der Waals surface area contributed by atoms with Crippen LogP contribution in [-0.2, 0) is 24.4 Å². The van der Waals surface area contributed by atoms with Crippen molar-refractivity contribution in [2.75, 3.05) is 38.3 Å². The maximum atomic E-state index is 12.9. The second kappa shape index (κ2) is 13.7. The first-order chi connectivity index (χ1) is 22.2. The molecule has 6 rings (SSSR count). The molecular weight excluding hydrogens is 624 g/mol. The molecule has 244 valence electrons. The number of anilines is 1. The normalized spacial score (nSPS) is 18.5. The fourth-order valence-corrected chi connectivity index (χ4v) is 5.92. The zero-order valence-corrected chi connectivity index (χ0v) is 26.1. The molecule has 2 fully saturated rings. The molecule has 2 aliphatic rings. The molecule has 0 amide bonds. The summed E-state index contributed by atoms with van der Waals surface area (Å²) in [5, 5.41) is 9.98. The lowest BCUT2D eigenvalue weighted by Crippen LogP contribution is -2.52. The molecule has 0 spiro atoms. The molecular formula is C32H34ClF2N5O6. The van der Waals surface area contributed by atoms with Crippen LogP contribution in [0.15, 0.2) is 48.5 Å². The van der Waals surface area contributed by atoms with Gasteiger partial charge in [-0.2, -0.15) is 13.8 Å². The van der Waals surface area contributed by atoms with Gasteiger partial charge in [0, 0.05) is 48.9 Å². The van der Waals surface area contributed by atoms with E-state index in [0.29, 0.717) is 61.0 Å². The Bertz CT molecular complexity index is 1720. The number of ether oxygens (including phenoxy) is 4. The fourth-order valence-electron chi connectivity index (χ4n) is 5.76. The van der Waals surface area contributed by atoms with Gasteiger partial charge in [0.15, 0.2) is 0 Å². The number of hydrogen-bond acceptors (Lipinski definition) is 9. The number of nitrogens with zero attached hydrogens (tertiary/aromatic N) is 5. The molecule has 1 N–H and O–H groups in total. The molecule has 14 heteroatoms. The van der Waals surface area contributed by atoms with Crippen LogP contribution in [0.2, 0.25) is 5.02 Å². The van der Waals surface area contributed by atoms with Gasteiger partial charge >= 0.3 is 12.6 Å². The first-order valence-electron chi connectivity index (χ1n) is 14.9. The van der Waals surface area contributed by atoms with Gasteiger partial charge < -0.3 is 33.5 Å². The summed E-state index contributed by atoms with van der Waals surface area (Å²) in [4.78, 5) is 26.0. The smallest absolute Gasteiger partial charge is 0.387 e. The Morgan fingerprint density at radius 1 is 1.15 bits per heavy atom. The second-order valence-corrected chi connectivity index (χ2v) is 11.7. The standard InChI is InChI=1S/C32H34ClF2N5O6/c1-19-15-39(27-4-3-5-29(36-27)45-18-20-6-7-22(33)14-25(20)46-32(34)35)10-9-38(19)17-28-37-30-24(40(28)16-23-8-11-44-23)12-21(31(41)42)13-26(30)43-2/h3-7,12-14,19,23,32H,8-11,15-18H2,1-2H3,(H,41,42)/t19-,23-/m0/s1. The highest BCUT2D eigenvalue weighted by Crippen LogP contribution is 2.31. The fraction of sp³-hybridized carbons (Fsp3) is 0.406. The van der Waals surface area contributed by atoms with Gasteiger partial charge in [0.05, 0.1) is 37.4 Å². The number of piperazine rings is 1. The summed E-state index contributed by atoms with van der Waals surface area (Å²) in [7, 11) is 1.51. The van der Waals surface area contributed by atoms with Crippen molar-refractivity contribution >= 4 is 34.4 Å². The van der Waals surface area contributed by atoms with Crippen LogP contribution in [0.1, 0.15) is 35.1 Å². The lowest BCUT2D eigenvalue weighted by molar-refractivity contribution is -0.0592. The minimum atomic E-state index is -2.98. The number of benzene rings is 2. The van der Waals surface area contributed by atoms with Crippen molar-refractivity contribution < 1.29 is 37.6 Å². The van der Waals surface area contributed by atoms with Gasteiger partial charge in [0.2, 0.25) is 5.88 Å². The quantitative estimate of drug-likeness (QED) is 0.211. The lowest BCUT2D eigenvalue weighted by Gasteiger charge is -2.40. The first kappa shape index (κ1) is 31.8. The molecule has 0 saturated carbocycles. The number of hydrogen-bond donors (Lipinski definition) is 1. The number of aromatic nitrogens is 3. The van der Waals surface area contributed by atoms with Crippen LogP contribution < -0.4 is 19.1 Å². The zero-order chi connectivity index (χ0) is 32.4. The van der Waals surface area contributed by atoms with Crippen LogP contribution in [0.3, 0.4) is 0 Å². The van der Waals surface area contributed by atoms with E-state index in [4.69, 9.17) is 30.8 Å². The van der Waals surface area contributed by atoms with Crippen molar-refractivity contribution in [2.24, 2.45) is 0 Å². The van der Waals surface area contributed by atoms with Crippen LogP contribution in [0.25, 0.3) is 11.0 Å². The predicted octanol–water partition coefficient (Wildman–Crippen LogP) is 5.47. The zero-order valence-electron chi connectivity index (χ0n) is 25.4. The van der Waals surface area contributed by atoms with E-state index in [-0.39, 0.29) is 35.1 Å². The summed E-state index contributed by atoms with van der Waals surface area (Å²) in [5.41, 5.74) is 1.90. The molecule has 0 radical (unpaired) electrons. The van der Waals surface area contributed by atoms with Gasteiger partial charge in [-0.05, 0) is 43.7 Å². The maximum absolute atomic E-state index is 12.9. The van der Waals surface area contributed by atoms with E-state index in [1.165, 1.54) is 19.2 Å². The van der Waals surface area contributed by atoms with E-state index < -0.39 is 12.6 Å². The molecule has 4 aromatic rings. The van der Waals surface area contributed by atoms with Gasteiger partial charge in [-0.15, -0.1) is 0 Å². The van der Waals surface area contributed by atoms with Crippen molar-refractivity contribution in [3.63, 3.8) is 0 Å². The molecule has 11 nitrogen and oxygen atoms in total. The van der Waals surface area contributed by atoms with E-state index in [1.807, 2.05) is 12.1 Å². The number of halogens is 3. The van der Waals surface area contributed by atoms with Gasteiger partial charge in [0.1, 0.15) is 35.3 Å². The number of imidazole rings is 1. The minimum Gasteiger partial charge on any atom is -0.494 e. The Hall–Kier alpha value is -4.20. The molecule has 2 saturated heterocycles. The third kappa shape index (κ3) is 6.96.